The van der Waals surface area contributed by atoms with E-state index in [0.717, 1.165) is 11.8 Å². The summed E-state index contributed by atoms with van der Waals surface area (Å²) in [5.41, 5.74) is 1.03. The number of nitrogens with zero attached hydrogens (tertiary/aromatic N) is 1. The van der Waals surface area contributed by atoms with E-state index in [2.05, 4.69) is 10.6 Å². The van der Waals surface area contributed by atoms with Crippen LogP contribution in [0.25, 0.3) is 0 Å². The van der Waals surface area contributed by atoms with Crippen molar-refractivity contribution in [2.45, 2.75) is 4.90 Å². The molecular formula is C22H21N3O5S. The number of anilines is 2. The molecule has 0 unspecified atom stereocenters. The number of nitrogens with one attached hydrogen (secondary N) is 2. The van der Waals surface area contributed by atoms with Crippen molar-refractivity contribution in [2.75, 3.05) is 31.3 Å². The lowest BCUT2D eigenvalue weighted by molar-refractivity contribution is -0.118. The van der Waals surface area contributed by atoms with Crippen LogP contribution in [0, 0.1) is 0 Å². The largest absolute Gasteiger partial charge is 0.484 e. The summed E-state index contributed by atoms with van der Waals surface area (Å²) in [6, 6.07) is 16.9. The molecule has 3 amide bonds. The highest BCUT2D eigenvalue weighted by Gasteiger charge is 2.13. The topological polar surface area (TPSA) is 101 Å². The van der Waals surface area contributed by atoms with Crippen LogP contribution in [0.5, 0.6) is 5.75 Å². The lowest BCUT2D eigenvalue weighted by Crippen LogP contribution is -2.21. The molecule has 160 valence electrons. The van der Waals surface area contributed by atoms with Gasteiger partial charge in [0.2, 0.25) is 0 Å². The molecule has 0 aliphatic carbocycles. The number of thioether (sulfide) groups is 1. The monoisotopic (exact) mass is 439 g/mol. The molecule has 9 heteroatoms. The quantitative estimate of drug-likeness (QED) is 0.532. The number of para-hydroxylation sites is 1. The molecule has 0 aliphatic heterocycles. The molecule has 8 nitrogen and oxygen atoms in total. The fraction of sp³-hybridized carbons (Fsp3) is 0.136. The predicted octanol–water partition coefficient (Wildman–Crippen LogP) is 4.32. The van der Waals surface area contributed by atoms with Crippen LogP contribution in [0.15, 0.2) is 76.2 Å². The molecule has 0 saturated carbocycles. The van der Waals surface area contributed by atoms with E-state index in [0.29, 0.717) is 22.0 Å². The number of ether oxygens (including phenoxy) is 1. The van der Waals surface area contributed by atoms with Crippen molar-refractivity contribution in [2.24, 2.45) is 0 Å². The van der Waals surface area contributed by atoms with E-state index in [4.69, 9.17) is 9.15 Å². The third-order valence-corrected chi connectivity index (χ3v) is 5.05. The first-order chi connectivity index (χ1) is 14.9. The number of amides is 3. The van der Waals surface area contributed by atoms with Crippen LogP contribution in [0.3, 0.4) is 0 Å². The van der Waals surface area contributed by atoms with Crippen molar-refractivity contribution in [3.63, 3.8) is 0 Å². The number of furan rings is 1. The lowest BCUT2D eigenvalue weighted by Gasteiger charge is -2.13. The van der Waals surface area contributed by atoms with Crippen molar-refractivity contribution >= 4 is 40.2 Å². The summed E-state index contributed by atoms with van der Waals surface area (Å²) in [5, 5.41) is 5.30. The second kappa shape index (κ2) is 10.4. The van der Waals surface area contributed by atoms with Gasteiger partial charge in [-0.25, -0.2) is 0 Å². The Morgan fingerprint density at radius 1 is 1.00 bits per heavy atom. The Kier molecular flexibility index (Phi) is 7.34. The molecular weight excluding hydrogens is 418 g/mol. The SMILES string of the molecule is CN(C)C(=O)Sc1ccccc1NC(=O)COc1cccc(NC(=O)c2ccco2)c1. The third kappa shape index (κ3) is 6.38. The van der Waals surface area contributed by atoms with E-state index in [-0.39, 0.29) is 29.4 Å². The number of carbonyl (C=O) groups is 3. The number of hydrogen-bond acceptors (Lipinski definition) is 6. The van der Waals surface area contributed by atoms with E-state index >= 15 is 0 Å². The van der Waals surface area contributed by atoms with E-state index < -0.39 is 0 Å². The van der Waals surface area contributed by atoms with Crippen LogP contribution in [0.2, 0.25) is 0 Å². The molecule has 0 spiro atoms. The van der Waals surface area contributed by atoms with Crippen molar-refractivity contribution in [3.8, 4) is 5.75 Å². The Labute approximate surface area is 183 Å². The summed E-state index contributed by atoms with van der Waals surface area (Å²) in [5.74, 6) is -0.163. The van der Waals surface area contributed by atoms with Crippen LogP contribution < -0.4 is 15.4 Å². The summed E-state index contributed by atoms with van der Waals surface area (Å²) in [4.78, 5) is 38.5. The van der Waals surface area contributed by atoms with Gasteiger partial charge in [0.15, 0.2) is 12.4 Å². The first-order valence-corrected chi connectivity index (χ1v) is 10.1. The maximum atomic E-state index is 12.4. The molecule has 0 atom stereocenters. The number of rotatable bonds is 7. The average Bonchev–Trinajstić information content (AvgIpc) is 3.29. The maximum Gasteiger partial charge on any atom is 0.291 e. The smallest absolute Gasteiger partial charge is 0.291 e. The fourth-order valence-electron chi connectivity index (χ4n) is 2.44. The predicted molar refractivity (Wildman–Crippen MR) is 119 cm³/mol. The van der Waals surface area contributed by atoms with Crippen LogP contribution in [-0.4, -0.2) is 42.7 Å². The lowest BCUT2D eigenvalue weighted by atomic mass is 10.3. The standard InChI is InChI=1S/C22H21N3O5S/c1-25(2)22(28)31-19-11-4-3-9-17(19)24-20(26)14-30-16-8-5-7-15(13-16)23-21(27)18-10-6-12-29-18/h3-13H,14H2,1-2H3,(H,23,27)(H,24,26). The minimum Gasteiger partial charge on any atom is -0.484 e. The van der Waals surface area contributed by atoms with Gasteiger partial charge >= 0.3 is 0 Å². The van der Waals surface area contributed by atoms with Gasteiger partial charge in [-0.3, -0.25) is 14.4 Å². The number of carbonyl (C=O) groups excluding carboxylic acids is 3. The highest BCUT2D eigenvalue weighted by Crippen LogP contribution is 2.28. The Morgan fingerprint density at radius 3 is 2.55 bits per heavy atom. The number of benzene rings is 2. The highest BCUT2D eigenvalue weighted by atomic mass is 32.2. The average molecular weight is 439 g/mol. The summed E-state index contributed by atoms with van der Waals surface area (Å²) >= 11 is 1.02. The van der Waals surface area contributed by atoms with Crippen molar-refractivity contribution < 1.29 is 23.5 Å². The van der Waals surface area contributed by atoms with Crippen LogP contribution in [0.1, 0.15) is 10.6 Å². The number of hydrogen-bond donors (Lipinski definition) is 2. The fourth-order valence-corrected chi connectivity index (χ4v) is 3.19. The first-order valence-electron chi connectivity index (χ1n) is 9.28. The Hall–Kier alpha value is -3.72. The molecule has 0 bridgehead atoms. The minimum atomic E-state index is -0.388. The van der Waals surface area contributed by atoms with Gasteiger partial charge in [-0.05, 0) is 48.2 Å². The molecule has 2 aromatic carbocycles. The van der Waals surface area contributed by atoms with E-state index in [1.165, 1.54) is 11.2 Å². The zero-order valence-electron chi connectivity index (χ0n) is 17.0. The zero-order valence-corrected chi connectivity index (χ0v) is 17.8. The summed E-state index contributed by atoms with van der Waals surface area (Å²) in [6.07, 6.45) is 1.42. The van der Waals surface area contributed by atoms with E-state index in [1.807, 2.05) is 0 Å². The summed E-state index contributed by atoms with van der Waals surface area (Å²) in [7, 11) is 3.32. The van der Waals surface area contributed by atoms with Crippen molar-refractivity contribution in [1.29, 1.82) is 0 Å². The molecule has 0 radical (unpaired) electrons. The van der Waals surface area contributed by atoms with Gasteiger partial charge in [-0.1, -0.05) is 18.2 Å². The summed E-state index contributed by atoms with van der Waals surface area (Å²) in [6.45, 7) is -0.240. The molecule has 0 saturated heterocycles. The van der Waals surface area contributed by atoms with Gasteiger partial charge in [0, 0.05) is 30.7 Å². The molecule has 2 N–H and O–H groups in total. The molecule has 1 heterocycles. The van der Waals surface area contributed by atoms with Gasteiger partial charge in [0.25, 0.3) is 17.1 Å². The van der Waals surface area contributed by atoms with Crippen LogP contribution >= 0.6 is 11.8 Å². The molecule has 0 aliphatic rings. The van der Waals surface area contributed by atoms with Gasteiger partial charge in [0.1, 0.15) is 5.75 Å². The summed E-state index contributed by atoms with van der Waals surface area (Å²) < 4.78 is 10.6. The molecule has 0 fully saturated rings. The highest BCUT2D eigenvalue weighted by molar-refractivity contribution is 8.13. The molecule has 1 aromatic heterocycles. The normalized spacial score (nSPS) is 10.3. The van der Waals surface area contributed by atoms with Gasteiger partial charge < -0.3 is 24.7 Å². The second-order valence-corrected chi connectivity index (χ2v) is 7.55. The third-order valence-electron chi connectivity index (χ3n) is 3.93. The van der Waals surface area contributed by atoms with Crippen LogP contribution in [0.4, 0.5) is 16.2 Å². The Bertz CT molecular complexity index is 1070. The van der Waals surface area contributed by atoms with Gasteiger partial charge in [-0.2, -0.15) is 0 Å². The van der Waals surface area contributed by atoms with Gasteiger partial charge in [-0.15, -0.1) is 0 Å². The second-order valence-electron chi connectivity index (χ2n) is 6.55. The Morgan fingerprint density at radius 2 is 1.81 bits per heavy atom. The minimum absolute atomic E-state index is 0.147. The van der Waals surface area contributed by atoms with Gasteiger partial charge in [0.05, 0.1) is 12.0 Å². The van der Waals surface area contributed by atoms with E-state index in [1.54, 1.807) is 74.8 Å². The van der Waals surface area contributed by atoms with Crippen molar-refractivity contribution in [1.82, 2.24) is 4.90 Å². The van der Waals surface area contributed by atoms with E-state index in [9.17, 15) is 14.4 Å². The molecule has 3 rings (SSSR count). The molecule has 31 heavy (non-hydrogen) atoms. The van der Waals surface area contributed by atoms with Crippen LogP contribution in [-0.2, 0) is 4.79 Å². The maximum absolute atomic E-state index is 12.4. The molecule has 3 aromatic rings. The zero-order chi connectivity index (χ0) is 22.2. The Balaban J connectivity index is 1.57. The first kappa shape index (κ1) is 22.0. The van der Waals surface area contributed by atoms with Crippen molar-refractivity contribution in [3.05, 3.63) is 72.7 Å².